The normalized spacial score (nSPS) is 18.7. The number of hydrogen-bond donors (Lipinski definition) is 1. The zero-order chi connectivity index (χ0) is 16.8. The van der Waals surface area contributed by atoms with Crippen molar-refractivity contribution in [2.24, 2.45) is 7.05 Å². The maximum absolute atomic E-state index is 12.7. The third kappa shape index (κ3) is 2.67. The molecule has 1 aromatic heterocycles. The summed E-state index contributed by atoms with van der Waals surface area (Å²) in [5, 5.41) is 7.48. The fourth-order valence-electron chi connectivity index (χ4n) is 3.95. The highest BCUT2D eigenvalue weighted by molar-refractivity contribution is 6.05. The molecule has 4 nitrogen and oxygen atoms in total. The van der Waals surface area contributed by atoms with Gasteiger partial charge in [-0.1, -0.05) is 39.8 Å². The van der Waals surface area contributed by atoms with Gasteiger partial charge in [-0.3, -0.25) is 9.48 Å². The van der Waals surface area contributed by atoms with Gasteiger partial charge < -0.3 is 5.32 Å². The van der Waals surface area contributed by atoms with Gasteiger partial charge in [0.1, 0.15) is 0 Å². The number of nitrogens with zero attached hydrogens (tertiary/aromatic N) is 2. The molecule has 1 aromatic carbocycles. The van der Waals surface area contributed by atoms with Crippen LogP contribution in [-0.4, -0.2) is 15.7 Å². The first-order valence-electron chi connectivity index (χ1n) is 8.30. The fraction of sp³-hybridized carbons (Fsp3) is 0.474. The molecule has 4 heteroatoms. The minimum Gasteiger partial charge on any atom is -0.322 e. The molecule has 0 spiro atoms. The number of aryl methyl sites for hydroxylation is 2. The number of amides is 1. The van der Waals surface area contributed by atoms with Crippen LogP contribution in [0.15, 0.2) is 24.4 Å². The van der Waals surface area contributed by atoms with E-state index >= 15 is 0 Å². The Balaban J connectivity index is 1.96. The van der Waals surface area contributed by atoms with Crippen molar-refractivity contribution in [2.75, 3.05) is 5.32 Å². The second-order valence-corrected chi connectivity index (χ2v) is 7.23. The van der Waals surface area contributed by atoms with E-state index in [1.54, 1.807) is 10.9 Å². The predicted octanol–water partition coefficient (Wildman–Crippen LogP) is 4.02. The molecule has 1 unspecified atom stereocenters. The highest BCUT2D eigenvalue weighted by atomic mass is 16.1. The van der Waals surface area contributed by atoms with Gasteiger partial charge in [0.2, 0.25) is 0 Å². The third-order valence-electron chi connectivity index (χ3n) is 4.88. The van der Waals surface area contributed by atoms with Gasteiger partial charge in [-0.15, -0.1) is 0 Å². The summed E-state index contributed by atoms with van der Waals surface area (Å²) in [5.74, 6) is 0.385. The van der Waals surface area contributed by atoms with Gasteiger partial charge in [-0.25, -0.2) is 0 Å². The minimum atomic E-state index is -0.0692. The lowest BCUT2D eigenvalue weighted by molar-refractivity contribution is 0.102. The smallest absolute Gasteiger partial charge is 0.259 e. The van der Waals surface area contributed by atoms with Crippen LogP contribution in [0, 0.1) is 0 Å². The average Bonchev–Trinajstić information content (AvgIpc) is 2.97. The van der Waals surface area contributed by atoms with Gasteiger partial charge in [0.15, 0.2) is 0 Å². The summed E-state index contributed by atoms with van der Waals surface area (Å²) in [4.78, 5) is 12.7. The van der Waals surface area contributed by atoms with Crippen molar-refractivity contribution in [3.8, 4) is 0 Å². The van der Waals surface area contributed by atoms with Crippen molar-refractivity contribution >= 4 is 11.6 Å². The molecule has 0 fully saturated rings. The van der Waals surface area contributed by atoms with Crippen molar-refractivity contribution in [2.45, 2.75) is 51.9 Å². The van der Waals surface area contributed by atoms with E-state index in [4.69, 9.17) is 0 Å². The zero-order valence-electron chi connectivity index (χ0n) is 14.6. The van der Waals surface area contributed by atoms with Gasteiger partial charge in [-0.2, -0.15) is 5.10 Å². The van der Waals surface area contributed by atoms with Crippen molar-refractivity contribution in [1.29, 1.82) is 0 Å². The summed E-state index contributed by atoms with van der Waals surface area (Å²) >= 11 is 0. The van der Waals surface area contributed by atoms with E-state index in [0.717, 1.165) is 24.2 Å². The quantitative estimate of drug-likeness (QED) is 0.930. The topological polar surface area (TPSA) is 46.9 Å². The molecule has 0 saturated heterocycles. The van der Waals surface area contributed by atoms with Crippen LogP contribution in [0.25, 0.3) is 0 Å². The molecular formula is C19H25N3O. The Hall–Kier alpha value is -2.10. The Morgan fingerprint density at radius 3 is 2.87 bits per heavy atom. The first-order valence-corrected chi connectivity index (χ1v) is 8.30. The SMILES string of the molecule is CCc1nn(C)cc1C(=O)Nc1cccc2c1C(C)CC2(C)C. The number of fused-ring (bicyclic) bond motifs is 1. The molecule has 2 aromatic rings. The molecule has 0 bridgehead atoms. The maximum Gasteiger partial charge on any atom is 0.259 e. The molecule has 0 radical (unpaired) electrons. The van der Waals surface area contributed by atoms with Gasteiger partial charge in [-0.05, 0) is 41.4 Å². The van der Waals surface area contributed by atoms with Crippen molar-refractivity contribution in [3.63, 3.8) is 0 Å². The largest absolute Gasteiger partial charge is 0.322 e. The van der Waals surface area contributed by atoms with Crippen LogP contribution >= 0.6 is 0 Å². The van der Waals surface area contributed by atoms with E-state index in [1.165, 1.54) is 11.1 Å². The Bertz CT molecular complexity index is 758. The van der Waals surface area contributed by atoms with Gasteiger partial charge >= 0.3 is 0 Å². The summed E-state index contributed by atoms with van der Waals surface area (Å²) in [5.41, 5.74) is 5.25. The van der Waals surface area contributed by atoms with E-state index in [2.05, 4.69) is 37.3 Å². The maximum atomic E-state index is 12.7. The van der Waals surface area contributed by atoms with E-state index < -0.39 is 0 Å². The summed E-state index contributed by atoms with van der Waals surface area (Å²) in [6.07, 6.45) is 3.66. The van der Waals surface area contributed by atoms with E-state index in [0.29, 0.717) is 11.5 Å². The Kier molecular flexibility index (Phi) is 3.78. The molecule has 1 aliphatic rings. The van der Waals surface area contributed by atoms with Crippen LogP contribution in [0.5, 0.6) is 0 Å². The molecule has 23 heavy (non-hydrogen) atoms. The number of benzene rings is 1. The van der Waals surface area contributed by atoms with Crippen molar-refractivity contribution < 1.29 is 4.79 Å². The van der Waals surface area contributed by atoms with Crippen molar-refractivity contribution in [3.05, 3.63) is 46.8 Å². The molecule has 1 N–H and O–H groups in total. The second-order valence-electron chi connectivity index (χ2n) is 7.23. The summed E-state index contributed by atoms with van der Waals surface area (Å²) < 4.78 is 1.70. The molecule has 1 amide bonds. The molecule has 122 valence electrons. The average molecular weight is 311 g/mol. The number of hydrogen-bond acceptors (Lipinski definition) is 2. The lowest BCUT2D eigenvalue weighted by Gasteiger charge is -2.19. The van der Waals surface area contributed by atoms with Gasteiger partial charge in [0, 0.05) is 18.9 Å². The third-order valence-corrected chi connectivity index (χ3v) is 4.88. The first-order chi connectivity index (χ1) is 10.8. The molecule has 1 heterocycles. The van der Waals surface area contributed by atoms with E-state index in [-0.39, 0.29) is 11.3 Å². The number of anilines is 1. The molecule has 0 aliphatic heterocycles. The van der Waals surface area contributed by atoms with Crippen LogP contribution in [0.1, 0.15) is 67.2 Å². The standard InChI is InChI=1S/C19H25N3O/c1-6-15-13(11-22(5)21-15)18(23)20-16-9-7-8-14-17(16)12(2)10-19(14,3)4/h7-9,11-12H,6,10H2,1-5H3,(H,20,23). The number of rotatable bonds is 3. The van der Waals surface area contributed by atoms with Crippen LogP contribution in [0.2, 0.25) is 0 Å². The van der Waals surface area contributed by atoms with Crippen LogP contribution in [-0.2, 0) is 18.9 Å². The Labute approximate surface area is 137 Å². The van der Waals surface area contributed by atoms with Crippen LogP contribution in [0.3, 0.4) is 0 Å². The summed E-state index contributed by atoms with van der Waals surface area (Å²) in [6.45, 7) is 8.81. The fourth-order valence-corrected chi connectivity index (χ4v) is 3.95. The Morgan fingerprint density at radius 1 is 1.43 bits per heavy atom. The second kappa shape index (κ2) is 5.52. The molecule has 1 aliphatic carbocycles. The highest BCUT2D eigenvalue weighted by Crippen LogP contribution is 2.48. The molecule has 1 atom stereocenters. The number of carbonyl (C=O) groups excluding carboxylic acids is 1. The highest BCUT2D eigenvalue weighted by Gasteiger charge is 2.36. The first kappa shape index (κ1) is 15.8. The monoisotopic (exact) mass is 311 g/mol. The van der Waals surface area contributed by atoms with Crippen LogP contribution < -0.4 is 5.32 Å². The Morgan fingerprint density at radius 2 is 2.17 bits per heavy atom. The molecule has 3 rings (SSSR count). The lowest BCUT2D eigenvalue weighted by Crippen LogP contribution is -2.15. The van der Waals surface area contributed by atoms with Gasteiger partial charge in [0.05, 0.1) is 11.3 Å². The van der Waals surface area contributed by atoms with Crippen LogP contribution in [0.4, 0.5) is 5.69 Å². The van der Waals surface area contributed by atoms with Gasteiger partial charge in [0.25, 0.3) is 5.91 Å². The van der Waals surface area contributed by atoms with E-state index in [9.17, 15) is 4.79 Å². The number of aromatic nitrogens is 2. The number of nitrogens with one attached hydrogen (secondary N) is 1. The van der Waals surface area contributed by atoms with Crippen molar-refractivity contribution in [1.82, 2.24) is 9.78 Å². The number of carbonyl (C=O) groups is 1. The lowest BCUT2D eigenvalue weighted by atomic mass is 9.86. The summed E-state index contributed by atoms with van der Waals surface area (Å²) in [6, 6.07) is 6.24. The minimum absolute atomic E-state index is 0.0692. The zero-order valence-corrected chi connectivity index (χ0v) is 14.6. The molecular weight excluding hydrogens is 286 g/mol. The predicted molar refractivity (Wildman–Crippen MR) is 93.0 cm³/mol. The van der Waals surface area contributed by atoms with E-state index in [1.807, 2.05) is 26.1 Å². The summed E-state index contributed by atoms with van der Waals surface area (Å²) in [7, 11) is 1.85. The molecule has 0 saturated carbocycles.